The summed E-state index contributed by atoms with van der Waals surface area (Å²) in [4.78, 5) is 17.9. The topological polar surface area (TPSA) is 60.5 Å². The number of likely N-dealkylation sites (N-methyl/N-ethyl adjacent to an activating group) is 1. The van der Waals surface area contributed by atoms with E-state index in [1.807, 2.05) is 35.2 Å². The van der Waals surface area contributed by atoms with E-state index in [0.717, 1.165) is 36.6 Å². The third-order valence-electron chi connectivity index (χ3n) is 6.05. The number of rotatable bonds is 6. The first-order valence-corrected chi connectivity index (χ1v) is 10.5. The maximum Gasteiger partial charge on any atom is 0.254 e. The van der Waals surface area contributed by atoms with Crippen LogP contribution in [0.4, 0.5) is 0 Å². The van der Waals surface area contributed by atoms with E-state index < -0.39 is 0 Å². The van der Waals surface area contributed by atoms with Crippen molar-refractivity contribution in [3.63, 3.8) is 0 Å². The molecule has 1 amide bonds. The summed E-state index contributed by atoms with van der Waals surface area (Å²) in [6.07, 6.45) is 2.29. The lowest BCUT2D eigenvalue weighted by Crippen LogP contribution is -2.42. The molecule has 1 atom stereocenters. The fourth-order valence-electron chi connectivity index (χ4n) is 4.46. The van der Waals surface area contributed by atoms with Gasteiger partial charge in [0.2, 0.25) is 13.6 Å². The van der Waals surface area contributed by atoms with Crippen molar-refractivity contribution in [2.24, 2.45) is 0 Å². The predicted octanol–water partition coefficient (Wildman–Crippen LogP) is 3.27. The minimum Gasteiger partial charge on any atom is -0.454 e. The van der Waals surface area contributed by atoms with Crippen molar-refractivity contribution in [1.82, 2.24) is 9.80 Å². The van der Waals surface area contributed by atoms with Gasteiger partial charge in [0.05, 0.1) is 0 Å². The molecule has 2 aromatic carbocycles. The molecule has 0 aliphatic carbocycles. The zero-order chi connectivity index (χ0) is 20.5. The van der Waals surface area contributed by atoms with Gasteiger partial charge in [-0.2, -0.15) is 0 Å². The van der Waals surface area contributed by atoms with Crippen LogP contribution in [0.15, 0.2) is 36.4 Å². The molecule has 5 rings (SSSR count). The van der Waals surface area contributed by atoms with E-state index >= 15 is 0 Å². The molecule has 0 N–H and O–H groups in total. The second-order valence-corrected chi connectivity index (χ2v) is 7.87. The average molecular weight is 410 g/mol. The Morgan fingerprint density at radius 2 is 1.70 bits per heavy atom. The van der Waals surface area contributed by atoms with Crippen LogP contribution < -0.4 is 18.9 Å². The van der Waals surface area contributed by atoms with E-state index in [-0.39, 0.29) is 19.5 Å². The lowest BCUT2D eigenvalue weighted by Gasteiger charge is -2.30. The van der Waals surface area contributed by atoms with Gasteiger partial charge in [-0.1, -0.05) is 13.0 Å². The number of ether oxygens (including phenoxy) is 4. The van der Waals surface area contributed by atoms with Gasteiger partial charge in [-0.3, -0.25) is 9.69 Å². The fraction of sp³-hybridized carbons (Fsp3) is 0.435. The van der Waals surface area contributed by atoms with Crippen molar-refractivity contribution in [3.05, 3.63) is 47.5 Å². The van der Waals surface area contributed by atoms with Crippen LogP contribution in [-0.4, -0.2) is 55.0 Å². The molecule has 1 fully saturated rings. The summed E-state index contributed by atoms with van der Waals surface area (Å²) in [6, 6.07) is 11.7. The highest BCUT2D eigenvalue weighted by molar-refractivity contribution is 5.95. The van der Waals surface area contributed by atoms with E-state index in [1.54, 1.807) is 6.07 Å². The number of nitrogens with zero attached hydrogens (tertiary/aromatic N) is 2. The number of carbonyl (C=O) groups excluding carboxylic acids is 1. The van der Waals surface area contributed by atoms with Crippen molar-refractivity contribution in [1.29, 1.82) is 0 Å². The van der Waals surface area contributed by atoms with Gasteiger partial charge < -0.3 is 23.8 Å². The Balaban J connectivity index is 1.40. The van der Waals surface area contributed by atoms with Crippen LogP contribution in [0.1, 0.15) is 35.7 Å². The summed E-state index contributed by atoms with van der Waals surface area (Å²) in [5.74, 6) is 2.79. The van der Waals surface area contributed by atoms with Crippen molar-refractivity contribution in [2.45, 2.75) is 32.4 Å². The first kappa shape index (κ1) is 19.1. The quantitative estimate of drug-likeness (QED) is 0.729. The van der Waals surface area contributed by atoms with Gasteiger partial charge in [0.1, 0.15) is 0 Å². The van der Waals surface area contributed by atoms with Gasteiger partial charge in [-0.05, 0) is 61.8 Å². The lowest BCUT2D eigenvalue weighted by molar-refractivity contribution is 0.0691. The molecule has 0 spiro atoms. The van der Waals surface area contributed by atoms with Gasteiger partial charge in [0, 0.05) is 24.7 Å². The fourth-order valence-corrected chi connectivity index (χ4v) is 4.46. The van der Waals surface area contributed by atoms with Crippen LogP contribution in [0.2, 0.25) is 0 Å². The van der Waals surface area contributed by atoms with Crippen molar-refractivity contribution in [2.75, 3.05) is 33.2 Å². The average Bonchev–Trinajstić information content (AvgIpc) is 3.51. The maximum absolute atomic E-state index is 13.5. The first-order valence-electron chi connectivity index (χ1n) is 10.5. The molecule has 0 bridgehead atoms. The summed E-state index contributed by atoms with van der Waals surface area (Å²) in [7, 11) is 0. The minimum absolute atomic E-state index is 0.00563. The van der Waals surface area contributed by atoms with Crippen molar-refractivity contribution >= 4 is 5.91 Å². The van der Waals surface area contributed by atoms with E-state index in [4.69, 9.17) is 18.9 Å². The molecule has 2 aromatic rings. The Hall–Kier alpha value is -2.93. The Kier molecular flexibility index (Phi) is 5.12. The number of amides is 1. The Labute approximate surface area is 176 Å². The molecule has 3 heterocycles. The summed E-state index contributed by atoms with van der Waals surface area (Å²) in [6.45, 7) is 5.92. The molecule has 7 nitrogen and oxygen atoms in total. The van der Waals surface area contributed by atoms with E-state index in [1.165, 1.54) is 6.42 Å². The summed E-state index contributed by atoms with van der Waals surface area (Å²) in [5.41, 5.74) is 1.63. The first-order chi connectivity index (χ1) is 14.7. The Bertz CT molecular complexity index is 947. The summed E-state index contributed by atoms with van der Waals surface area (Å²) >= 11 is 0. The SMILES string of the molecule is CCN1CCC[C@H]1CN(Cc1ccc2c(c1)OCO2)C(=O)c1ccc2c(c1)OCO2. The number of fused-ring (bicyclic) bond motifs is 2. The Morgan fingerprint density at radius 1 is 1.00 bits per heavy atom. The van der Waals surface area contributed by atoms with E-state index in [9.17, 15) is 4.79 Å². The van der Waals surface area contributed by atoms with Crippen LogP contribution in [0.5, 0.6) is 23.0 Å². The highest BCUT2D eigenvalue weighted by atomic mass is 16.7. The summed E-state index contributed by atoms with van der Waals surface area (Å²) < 4.78 is 21.8. The molecule has 7 heteroatoms. The van der Waals surface area contributed by atoms with Gasteiger partial charge in [0.15, 0.2) is 23.0 Å². The van der Waals surface area contributed by atoms with Crippen LogP contribution >= 0.6 is 0 Å². The zero-order valence-corrected chi connectivity index (χ0v) is 17.1. The van der Waals surface area contributed by atoms with Gasteiger partial charge in [-0.15, -0.1) is 0 Å². The zero-order valence-electron chi connectivity index (χ0n) is 17.1. The van der Waals surface area contributed by atoms with Crippen molar-refractivity contribution < 1.29 is 23.7 Å². The third kappa shape index (κ3) is 3.65. The van der Waals surface area contributed by atoms with Gasteiger partial charge in [0.25, 0.3) is 5.91 Å². The number of hydrogen-bond donors (Lipinski definition) is 0. The molecule has 1 saturated heterocycles. The third-order valence-corrected chi connectivity index (χ3v) is 6.05. The summed E-state index contributed by atoms with van der Waals surface area (Å²) in [5, 5.41) is 0. The molecule has 158 valence electrons. The monoisotopic (exact) mass is 410 g/mol. The maximum atomic E-state index is 13.5. The smallest absolute Gasteiger partial charge is 0.254 e. The van der Waals surface area contributed by atoms with Crippen LogP contribution in [0.3, 0.4) is 0 Å². The van der Waals surface area contributed by atoms with Crippen LogP contribution in [0.25, 0.3) is 0 Å². The molecule has 3 aliphatic rings. The molecule has 0 saturated carbocycles. The lowest BCUT2D eigenvalue weighted by atomic mass is 10.1. The highest BCUT2D eigenvalue weighted by Gasteiger charge is 2.29. The second kappa shape index (κ2) is 8.07. The van der Waals surface area contributed by atoms with Crippen LogP contribution in [0, 0.1) is 0 Å². The standard InChI is InChI=1S/C23H26N2O5/c1-2-24-9-3-4-18(24)13-25(12-16-5-7-19-21(10-16)29-14-27-19)23(26)17-6-8-20-22(11-17)30-15-28-20/h5-8,10-11,18H,2-4,9,12-15H2,1H3/t18-/m0/s1. The molecule has 3 aliphatic heterocycles. The molecular weight excluding hydrogens is 384 g/mol. The molecular formula is C23H26N2O5. The molecule has 0 unspecified atom stereocenters. The number of hydrogen-bond acceptors (Lipinski definition) is 6. The highest BCUT2D eigenvalue weighted by Crippen LogP contribution is 2.35. The number of carbonyl (C=O) groups is 1. The largest absolute Gasteiger partial charge is 0.454 e. The number of benzene rings is 2. The van der Waals surface area contributed by atoms with E-state index in [2.05, 4.69) is 11.8 Å². The molecule has 0 radical (unpaired) electrons. The van der Waals surface area contributed by atoms with Crippen molar-refractivity contribution in [3.8, 4) is 23.0 Å². The van der Waals surface area contributed by atoms with E-state index in [0.29, 0.717) is 36.2 Å². The normalized spacial score (nSPS) is 19.3. The molecule has 30 heavy (non-hydrogen) atoms. The van der Waals surface area contributed by atoms with Gasteiger partial charge in [-0.25, -0.2) is 0 Å². The number of likely N-dealkylation sites (tertiary alicyclic amines) is 1. The Morgan fingerprint density at radius 3 is 2.47 bits per heavy atom. The molecule has 0 aromatic heterocycles. The second-order valence-electron chi connectivity index (χ2n) is 7.87. The van der Waals surface area contributed by atoms with Crippen LogP contribution in [-0.2, 0) is 6.54 Å². The predicted molar refractivity (Wildman–Crippen MR) is 110 cm³/mol. The minimum atomic E-state index is -0.00563. The van der Waals surface area contributed by atoms with Gasteiger partial charge >= 0.3 is 0 Å².